The van der Waals surface area contributed by atoms with Crippen molar-refractivity contribution in [1.82, 2.24) is 24.6 Å². The van der Waals surface area contributed by atoms with Gasteiger partial charge in [0.2, 0.25) is 5.91 Å². The van der Waals surface area contributed by atoms with E-state index in [-0.39, 0.29) is 5.91 Å². The summed E-state index contributed by atoms with van der Waals surface area (Å²) in [5, 5.41) is 5.60. The molecule has 0 N–H and O–H groups in total. The summed E-state index contributed by atoms with van der Waals surface area (Å²) in [5.41, 5.74) is 4.44. The van der Waals surface area contributed by atoms with Gasteiger partial charge in [-0.3, -0.25) is 14.7 Å². The molecule has 0 radical (unpaired) electrons. The molecule has 1 aliphatic heterocycles. The van der Waals surface area contributed by atoms with Crippen LogP contribution < -0.4 is 0 Å². The lowest BCUT2D eigenvalue weighted by molar-refractivity contribution is -0.133. The molecule has 0 aliphatic carbocycles. The molecule has 32 heavy (non-hydrogen) atoms. The van der Waals surface area contributed by atoms with Gasteiger partial charge in [0.25, 0.3) is 0 Å². The highest BCUT2D eigenvalue weighted by Crippen LogP contribution is 2.19. The van der Waals surface area contributed by atoms with Crippen LogP contribution in [0.1, 0.15) is 17.5 Å². The molecule has 1 amide bonds. The van der Waals surface area contributed by atoms with Gasteiger partial charge in [-0.05, 0) is 35.7 Å². The molecule has 162 valence electrons. The summed E-state index contributed by atoms with van der Waals surface area (Å²) in [4.78, 5) is 21.7. The molecule has 4 aromatic rings. The quantitative estimate of drug-likeness (QED) is 0.473. The number of hydrogen-bond donors (Lipinski definition) is 0. The lowest BCUT2D eigenvalue weighted by atomic mass is 10.1. The minimum Gasteiger partial charge on any atom is -0.340 e. The van der Waals surface area contributed by atoms with E-state index < -0.39 is 0 Å². The van der Waals surface area contributed by atoms with Crippen LogP contribution in [-0.4, -0.2) is 56.7 Å². The molecule has 5 rings (SSSR count). The second kappa shape index (κ2) is 9.32. The van der Waals surface area contributed by atoms with Crippen LogP contribution in [0.15, 0.2) is 79.3 Å². The van der Waals surface area contributed by atoms with Gasteiger partial charge in [-0.25, -0.2) is 4.68 Å². The van der Waals surface area contributed by atoms with Crippen molar-refractivity contribution >= 4 is 16.8 Å². The number of para-hydroxylation sites is 2. The first-order valence-electron chi connectivity index (χ1n) is 11.2. The van der Waals surface area contributed by atoms with Crippen LogP contribution in [-0.2, 0) is 17.8 Å². The fourth-order valence-corrected chi connectivity index (χ4v) is 4.31. The maximum absolute atomic E-state index is 12.8. The molecule has 6 heteroatoms. The molecule has 0 atom stereocenters. The Morgan fingerprint density at radius 1 is 0.906 bits per heavy atom. The van der Waals surface area contributed by atoms with Crippen molar-refractivity contribution in [3.05, 3.63) is 90.4 Å². The molecule has 1 saturated heterocycles. The normalized spacial score (nSPS) is 14.7. The molecule has 3 heterocycles. The maximum Gasteiger partial charge on any atom is 0.222 e. The average molecular weight is 426 g/mol. The zero-order chi connectivity index (χ0) is 21.8. The molecule has 1 aliphatic rings. The number of amides is 1. The minimum absolute atomic E-state index is 0.226. The van der Waals surface area contributed by atoms with Crippen molar-refractivity contribution in [3.63, 3.8) is 0 Å². The molecule has 0 bridgehead atoms. The number of carbonyl (C=O) groups is 1. The summed E-state index contributed by atoms with van der Waals surface area (Å²) in [6.45, 7) is 4.21. The SMILES string of the molecule is O=C(CCc1cnn(-c2ccccc2)c1)N1CCN(Cc2cccc3cccnc23)CC1. The van der Waals surface area contributed by atoms with Gasteiger partial charge in [0.15, 0.2) is 0 Å². The van der Waals surface area contributed by atoms with E-state index >= 15 is 0 Å². The summed E-state index contributed by atoms with van der Waals surface area (Å²) in [6.07, 6.45) is 6.96. The Labute approximate surface area is 188 Å². The second-order valence-corrected chi connectivity index (χ2v) is 8.28. The van der Waals surface area contributed by atoms with Crippen LogP contribution in [0.5, 0.6) is 0 Å². The van der Waals surface area contributed by atoms with E-state index in [1.54, 1.807) is 0 Å². The van der Waals surface area contributed by atoms with E-state index in [2.05, 4.69) is 39.2 Å². The predicted octanol–water partition coefficient (Wildman–Crippen LogP) is 3.70. The van der Waals surface area contributed by atoms with Crippen LogP contribution in [0.2, 0.25) is 0 Å². The lowest BCUT2D eigenvalue weighted by Crippen LogP contribution is -2.48. The molecule has 0 saturated carbocycles. The van der Waals surface area contributed by atoms with Crippen molar-refractivity contribution in [3.8, 4) is 5.69 Å². The van der Waals surface area contributed by atoms with Crippen molar-refractivity contribution in [1.29, 1.82) is 0 Å². The van der Waals surface area contributed by atoms with Crippen LogP contribution in [0.3, 0.4) is 0 Å². The number of fused-ring (bicyclic) bond motifs is 1. The first-order valence-corrected chi connectivity index (χ1v) is 11.2. The van der Waals surface area contributed by atoms with Gasteiger partial charge in [-0.1, -0.05) is 42.5 Å². The number of aromatic nitrogens is 3. The number of nitrogens with zero attached hydrogens (tertiary/aromatic N) is 5. The molecule has 0 unspecified atom stereocenters. The van der Waals surface area contributed by atoms with E-state index in [1.807, 2.05) is 64.6 Å². The van der Waals surface area contributed by atoms with Crippen molar-refractivity contribution in [2.75, 3.05) is 26.2 Å². The molecular formula is C26H27N5O. The van der Waals surface area contributed by atoms with Crippen LogP contribution in [0.4, 0.5) is 0 Å². The zero-order valence-electron chi connectivity index (χ0n) is 18.1. The second-order valence-electron chi connectivity index (χ2n) is 8.28. The Balaban J connectivity index is 1.12. The fraction of sp³-hybridized carbons (Fsp3) is 0.269. The monoisotopic (exact) mass is 425 g/mol. The van der Waals surface area contributed by atoms with E-state index in [1.165, 1.54) is 10.9 Å². The highest BCUT2D eigenvalue weighted by molar-refractivity contribution is 5.81. The van der Waals surface area contributed by atoms with Gasteiger partial charge in [0.1, 0.15) is 0 Å². The van der Waals surface area contributed by atoms with E-state index in [4.69, 9.17) is 0 Å². The van der Waals surface area contributed by atoms with Crippen LogP contribution in [0, 0.1) is 0 Å². The van der Waals surface area contributed by atoms with Gasteiger partial charge >= 0.3 is 0 Å². The van der Waals surface area contributed by atoms with E-state index in [0.717, 1.165) is 49.5 Å². The third-order valence-electron chi connectivity index (χ3n) is 6.12. The summed E-state index contributed by atoms with van der Waals surface area (Å²) < 4.78 is 1.86. The highest BCUT2D eigenvalue weighted by atomic mass is 16.2. The highest BCUT2D eigenvalue weighted by Gasteiger charge is 2.21. The van der Waals surface area contributed by atoms with Crippen LogP contribution in [0.25, 0.3) is 16.6 Å². The Hall–Kier alpha value is -3.51. The summed E-state index contributed by atoms with van der Waals surface area (Å²) in [6, 6.07) is 20.5. The predicted molar refractivity (Wildman–Crippen MR) is 125 cm³/mol. The number of carbonyl (C=O) groups excluding carboxylic acids is 1. The van der Waals surface area contributed by atoms with Gasteiger partial charge in [0.05, 0.1) is 17.4 Å². The standard InChI is InChI=1S/C26H27N5O/c32-25(12-11-21-18-28-31(19-21)24-9-2-1-3-10-24)30-16-14-29(15-17-30)20-23-7-4-6-22-8-5-13-27-26(22)23/h1-10,13,18-19H,11-12,14-17,20H2. The lowest BCUT2D eigenvalue weighted by Gasteiger charge is -2.35. The van der Waals surface area contributed by atoms with Gasteiger partial charge in [0, 0.05) is 56.9 Å². The summed E-state index contributed by atoms with van der Waals surface area (Å²) in [5.74, 6) is 0.226. The topological polar surface area (TPSA) is 54.3 Å². The number of benzene rings is 2. The van der Waals surface area contributed by atoms with Crippen molar-refractivity contribution in [2.24, 2.45) is 0 Å². The largest absolute Gasteiger partial charge is 0.340 e. The molecular weight excluding hydrogens is 398 g/mol. The molecule has 1 fully saturated rings. The Morgan fingerprint density at radius 2 is 1.72 bits per heavy atom. The van der Waals surface area contributed by atoms with Gasteiger partial charge in [-0.15, -0.1) is 0 Å². The Kier molecular flexibility index (Phi) is 5.94. The minimum atomic E-state index is 0.226. The zero-order valence-corrected chi connectivity index (χ0v) is 18.1. The smallest absolute Gasteiger partial charge is 0.222 e. The van der Waals surface area contributed by atoms with Crippen molar-refractivity contribution in [2.45, 2.75) is 19.4 Å². The third-order valence-corrected chi connectivity index (χ3v) is 6.12. The number of rotatable bonds is 6. The first kappa shape index (κ1) is 20.4. The van der Waals surface area contributed by atoms with Crippen LogP contribution >= 0.6 is 0 Å². The summed E-state index contributed by atoms with van der Waals surface area (Å²) >= 11 is 0. The Morgan fingerprint density at radius 3 is 2.56 bits per heavy atom. The fourth-order valence-electron chi connectivity index (χ4n) is 4.31. The van der Waals surface area contributed by atoms with E-state index in [9.17, 15) is 4.79 Å². The molecule has 2 aromatic heterocycles. The number of pyridine rings is 1. The first-order chi connectivity index (χ1) is 15.8. The molecule has 2 aromatic carbocycles. The maximum atomic E-state index is 12.8. The summed E-state index contributed by atoms with van der Waals surface area (Å²) in [7, 11) is 0. The number of hydrogen-bond acceptors (Lipinski definition) is 4. The van der Waals surface area contributed by atoms with Crippen molar-refractivity contribution < 1.29 is 4.79 Å². The average Bonchev–Trinajstić information content (AvgIpc) is 3.33. The molecule has 0 spiro atoms. The Bertz CT molecular complexity index is 1190. The number of aryl methyl sites for hydroxylation is 1. The van der Waals surface area contributed by atoms with Gasteiger partial charge in [-0.2, -0.15) is 5.10 Å². The van der Waals surface area contributed by atoms with Gasteiger partial charge < -0.3 is 4.90 Å². The molecule has 6 nitrogen and oxygen atoms in total. The number of piperazine rings is 1. The third kappa shape index (κ3) is 4.55. The van der Waals surface area contributed by atoms with E-state index in [0.29, 0.717) is 12.8 Å².